The first-order chi connectivity index (χ1) is 14.2. The lowest BCUT2D eigenvalue weighted by atomic mass is 9.92. The van der Waals surface area contributed by atoms with Gasteiger partial charge in [0.1, 0.15) is 12.1 Å². The Morgan fingerprint density at radius 1 is 1.17 bits per heavy atom. The maximum Gasteiger partial charge on any atom is 0.338 e. The minimum absolute atomic E-state index is 0.266. The predicted octanol–water partition coefficient (Wildman–Crippen LogP) is 3.03. The number of carbonyl (C=O) groups excluding carboxylic acids is 4. The van der Waals surface area contributed by atoms with Crippen LogP contribution in [-0.4, -0.2) is 41.9 Å². The second kappa shape index (κ2) is 8.66. The Balaban J connectivity index is 1.67. The van der Waals surface area contributed by atoms with Crippen LogP contribution in [0.3, 0.4) is 0 Å². The van der Waals surface area contributed by atoms with Gasteiger partial charge in [0.2, 0.25) is 5.91 Å². The number of hydrogen-bond acceptors (Lipinski definition) is 5. The van der Waals surface area contributed by atoms with E-state index in [9.17, 15) is 19.2 Å². The SMILES string of the molecule is CCOC(=O)c1ccc(NC(=O)CN2C(=O)NC(C)(c3cccc(Br)c3)C2=O)cc1. The maximum atomic E-state index is 12.9. The summed E-state index contributed by atoms with van der Waals surface area (Å²) in [6.45, 7) is 3.14. The van der Waals surface area contributed by atoms with E-state index < -0.39 is 35.9 Å². The molecule has 2 N–H and O–H groups in total. The topological polar surface area (TPSA) is 105 Å². The van der Waals surface area contributed by atoms with Crippen LogP contribution in [0.15, 0.2) is 53.0 Å². The van der Waals surface area contributed by atoms with Crippen molar-refractivity contribution in [3.63, 3.8) is 0 Å². The molecule has 2 aromatic rings. The number of nitrogens with one attached hydrogen (secondary N) is 2. The number of urea groups is 1. The first-order valence-electron chi connectivity index (χ1n) is 9.22. The van der Waals surface area contributed by atoms with Gasteiger partial charge in [-0.15, -0.1) is 0 Å². The molecule has 1 heterocycles. The maximum absolute atomic E-state index is 12.9. The van der Waals surface area contributed by atoms with E-state index in [1.54, 1.807) is 44.2 Å². The zero-order valence-corrected chi connectivity index (χ0v) is 18.0. The van der Waals surface area contributed by atoms with Gasteiger partial charge in [0.25, 0.3) is 5.91 Å². The van der Waals surface area contributed by atoms with Crippen molar-refractivity contribution in [2.75, 3.05) is 18.5 Å². The number of esters is 1. The Kier molecular flexibility index (Phi) is 6.21. The number of imide groups is 1. The van der Waals surface area contributed by atoms with Gasteiger partial charge in [-0.2, -0.15) is 0 Å². The Morgan fingerprint density at radius 3 is 2.50 bits per heavy atom. The van der Waals surface area contributed by atoms with Crippen LogP contribution in [0.4, 0.5) is 10.5 Å². The van der Waals surface area contributed by atoms with Gasteiger partial charge in [0.15, 0.2) is 0 Å². The Bertz CT molecular complexity index is 1010. The minimum atomic E-state index is -1.26. The summed E-state index contributed by atoms with van der Waals surface area (Å²) in [7, 11) is 0. The summed E-state index contributed by atoms with van der Waals surface area (Å²) in [5.41, 5.74) is 0.124. The number of halogens is 1. The smallest absolute Gasteiger partial charge is 0.338 e. The number of benzene rings is 2. The highest BCUT2D eigenvalue weighted by atomic mass is 79.9. The molecular formula is C21H20BrN3O5. The summed E-state index contributed by atoms with van der Waals surface area (Å²) in [5.74, 6) is -1.51. The standard InChI is InChI=1S/C21H20BrN3O5/c1-3-30-18(27)13-7-9-16(10-8-13)23-17(26)12-25-19(28)21(2,24-20(25)29)14-5-4-6-15(22)11-14/h4-11H,3,12H2,1-2H3,(H,23,26)(H,24,29). The molecule has 9 heteroatoms. The van der Waals surface area contributed by atoms with Gasteiger partial charge >= 0.3 is 12.0 Å². The van der Waals surface area contributed by atoms with Gasteiger partial charge in [-0.05, 0) is 55.8 Å². The highest BCUT2D eigenvalue weighted by Gasteiger charge is 2.49. The lowest BCUT2D eigenvalue weighted by Crippen LogP contribution is -2.42. The van der Waals surface area contributed by atoms with E-state index in [2.05, 4.69) is 26.6 Å². The average Bonchev–Trinajstić information content (AvgIpc) is 2.93. The number of carbonyl (C=O) groups is 4. The van der Waals surface area contributed by atoms with Gasteiger partial charge in [-0.1, -0.05) is 28.1 Å². The van der Waals surface area contributed by atoms with Gasteiger partial charge in [0.05, 0.1) is 12.2 Å². The van der Waals surface area contributed by atoms with Crippen molar-refractivity contribution in [2.45, 2.75) is 19.4 Å². The third-order valence-corrected chi connectivity index (χ3v) is 5.15. The van der Waals surface area contributed by atoms with E-state index in [1.165, 1.54) is 12.1 Å². The number of ether oxygens (including phenoxy) is 1. The van der Waals surface area contributed by atoms with Gasteiger partial charge < -0.3 is 15.4 Å². The van der Waals surface area contributed by atoms with Gasteiger partial charge in [0, 0.05) is 10.2 Å². The first kappa shape index (κ1) is 21.5. The van der Waals surface area contributed by atoms with Crippen molar-refractivity contribution in [2.24, 2.45) is 0 Å². The van der Waals surface area contributed by atoms with Gasteiger partial charge in [-0.3, -0.25) is 14.5 Å². The Hall–Kier alpha value is -3.20. The molecule has 1 atom stereocenters. The fourth-order valence-electron chi connectivity index (χ4n) is 3.08. The number of nitrogens with zero attached hydrogens (tertiary/aromatic N) is 1. The van der Waals surface area contributed by atoms with Crippen LogP contribution in [0.5, 0.6) is 0 Å². The van der Waals surface area contributed by atoms with Gasteiger partial charge in [-0.25, -0.2) is 9.59 Å². The molecule has 0 aromatic heterocycles. The quantitative estimate of drug-likeness (QED) is 0.495. The summed E-state index contributed by atoms with van der Waals surface area (Å²) in [4.78, 5) is 50.2. The molecule has 1 aliphatic rings. The largest absolute Gasteiger partial charge is 0.462 e. The molecule has 8 nitrogen and oxygen atoms in total. The third kappa shape index (κ3) is 4.35. The number of anilines is 1. The fraction of sp³-hybridized carbons (Fsp3) is 0.238. The molecule has 1 aliphatic heterocycles. The Labute approximate surface area is 181 Å². The number of amides is 4. The first-order valence-corrected chi connectivity index (χ1v) is 10.0. The van der Waals surface area contributed by atoms with E-state index >= 15 is 0 Å². The lowest BCUT2D eigenvalue weighted by molar-refractivity contribution is -0.133. The van der Waals surface area contributed by atoms with Crippen LogP contribution >= 0.6 is 15.9 Å². The van der Waals surface area contributed by atoms with Crippen LogP contribution in [0.25, 0.3) is 0 Å². The molecule has 1 saturated heterocycles. The summed E-state index contributed by atoms with van der Waals surface area (Å²) < 4.78 is 5.68. The third-order valence-electron chi connectivity index (χ3n) is 4.66. The van der Waals surface area contributed by atoms with Crippen molar-refractivity contribution in [3.8, 4) is 0 Å². The number of hydrogen-bond donors (Lipinski definition) is 2. The zero-order valence-electron chi connectivity index (χ0n) is 16.4. The molecule has 0 spiro atoms. The van der Waals surface area contributed by atoms with E-state index in [-0.39, 0.29) is 6.61 Å². The summed E-state index contributed by atoms with van der Waals surface area (Å²) in [5, 5.41) is 5.27. The summed E-state index contributed by atoms with van der Waals surface area (Å²) >= 11 is 3.35. The normalized spacial score (nSPS) is 18.2. The molecule has 0 aliphatic carbocycles. The minimum Gasteiger partial charge on any atom is -0.462 e. The second-order valence-electron chi connectivity index (χ2n) is 6.80. The molecule has 1 fully saturated rings. The highest BCUT2D eigenvalue weighted by Crippen LogP contribution is 2.30. The molecule has 4 amide bonds. The lowest BCUT2D eigenvalue weighted by Gasteiger charge is -2.22. The summed E-state index contributed by atoms with van der Waals surface area (Å²) in [6.07, 6.45) is 0. The van der Waals surface area contributed by atoms with Crippen molar-refractivity contribution in [1.82, 2.24) is 10.2 Å². The van der Waals surface area contributed by atoms with Crippen LogP contribution in [0.2, 0.25) is 0 Å². The fourth-order valence-corrected chi connectivity index (χ4v) is 3.48. The van der Waals surface area contributed by atoms with Crippen molar-refractivity contribution >= 4 is 45.4 Å². The van der Waals surface area contributed by atoms with Crippen LogP contribution in [-0.2, 0) is 19.9 Å². The van der Waals surface area contributed by atoms with E-state index in [1.807, 2.05) is 6.07 Å². The van der Waals surface area contributed by atoms with Crippen LogP contribution in [0, 0.1) is 0 Å². The molecule has 3 rings (SSSR count). The highest BCUT2D eigenvalue weighted by molar-refractivity contribution is 9.10. The van der Waals surface area contributed by atoms with Crippen LogP contribution in [0.1, 0.15) is 29.8 Å². The molecule has 2 aromatic carbocycles. The second-order valence-corrected chi connectivity index (χ2v) is 7.72. The Morgan fingerprint density at radius 2 is 1.87 bits per heavy atom. The van der Waals surface area contributed by atoms with Crippen molar-refractivity contribution < 1.29 is 23.9 Å². The molecular weight excluding hydrogens is 454 g/mol. The molecule has 0 bridgehead atoms. The monoisotopic (exact) mass is 473 g/mol. The molecule has 1 unspecified atom stereocenters. The molecule has 156 valence electrons. The average molecular weight is 474 g/mol. The van der Waals surface area contributed by atoms with E-state index in [4.69, 9.17) is 4.74 Å². The summed E-state index contributed by atoms with van der Waals surface area (Å²) in [6, 6.07) is 12.5. The molecule has 0 saturated carbocycles. The zero-order chi connectivity index (χ0) is 21.9. The molecule has 0 radical (unpaired) electrons. The van der Waals surface area contributed by atoms with E-state index in [0.717, 1.165) is 9.37 Å². The van der Waals surface area contributed by atoms with Crippen LogP contribution < -0.4 is 10.6 Å². The number of rotatable bonds is 6. The predicted molar refractivity (Wildman–Crippen MR) is 113 cm³/mol. The van der Waals surface area contributed by atoms with Crippen molar-refractivity contribution in [1.29, 1.82) is 0 Å². The van der Waals surface area contributed by atoms with E-state index in [0.29, 0.717) is 16.8 Å². The van der Waals surface area contributed by atoms with Crippen molar-refractivity contribution in [3.05, 3.63) is 64.1 Å². The molecule has 30 heavy (non-hydrogen) atoms.